The molecule has 6 N–H and O–H groups in total. The topological polar surface area (TPSA) is 280 Å². The van der Waals surface area contributed by atoms with E-state index in [2.05, 4.69) is 57.8 Å². The van der Waals surface area contributed by atoms with E-state index in [4.69, 9.17) is 41.1 Å². The first-order valence-corrected chi connectivity index (χ1v) is 35.6. The third-order valence-electron chi connectivity index (χ3n) is 17.6. The highest BCUT2D eigenvalue weighted by Gasteiger charge is 2.28. The lowest BCUT2D eigenvalue weighted by molar-refractivity contribution is 0.0687. The number of phenolic OH excluding ortho intramolecular Hbond substituents is 1. The Labute approximate surface area is 615 Å². The summed E-state index contributed by atoms with van der Waals surface area (Å²) in [5.74, 6) is -1.78. The molecule has 12 aromatic carbocycles. The third kappa shape index (κ3) is 15.2. The summed E-state index contributed by atoms with van der Waals surface area (Å²) in [5.41, 5.74) is 9.44. The van der Waals surface area contributed by atoms with Crippen molar-refractivity contribution >= 4 is 131 Å². The fraction of sp³-hybridized carbons (Fsp3) is 0.0706. The lowest BCUT2D eigenvalue weighted by Gasteiger charge is -2.19. The summed E-state index contributed by atoms with van der Waals surface area (Å²) in [6, 6.07) is 73.4. The number of rotatable bonds is 14. The number of halogens is 2. The minimum absolute atomic E-state index is 0.0176. The van der Waals surface area contributed by atoms with E-state index in [0.29, 0.717) is 56.8 Å². The molecule has 0 aromatic heterocycles. The molecule has 0 fully saturated rings. The molecule has 106 heavy (non-hydrogen) atoms. The summed E-state index contributed by atoms with van der Waals surface area (Å²) >= 11 is 12.1. The smallest absolute Gasteiger partial charge is 0.506 e. The molecule has 18 nitrogen and oxygen atoms in total. The fourth-order valence-electron chi connectivity index (χ4n) is 12.8. The number of phosphoric acid groups is 1. The molecular weight excluding hydrogens is 1400 g/mol. The molecule has 1 unspecified atom stereocenters. The van der Waals surface area contributed by atoms with Gasteiger partial charge in [0.05, 0.1) is 43.5 Å². The first-order chi connectivity index (χ1) is 51.1. The maximum Gasteiger partial charge on any atom is 0.584 e. The lowest BCUT2D eigenvalue weighted by atomic mass is 9.89. The lowest BCUT2D eigenvalue weighted by Crippen LogP contribution is -2.09. The molecule has 0 amide bonds. The molecule has 0 radical (unpaired) electrons. The quantitative estimate of drug-likeness (QED) is 0.0255. The molecule has 2 aliphatic carbocycles. The van der Waals surface area contributed by atoms with Crippen molar-refractivity contribution in [2.24, 2.45) is 15.2 Å². The van der Waals surface area contributed by atoms with E-state index in [1.807, 2.05) is 136 Å². The largest absolute Gasteiger partial charge is 0.584 e. The van der Waals surface area contributed by atoms with Crippen LogP contribution in [0, 0.1) is 13.8 Å². The van der Waals surface area contributed by atoms with Crippen LogP contribution in [0.1, 0.15) is 56.0 Å². The van der Waals surface area contributed by atoms with Crippen molar-refractivity contribution in [2.75, 3.05) is 18.4 Å². The van der Waals surface area contributed by atoms with Crippen molar-refractivity contribution in [2.45, 2.75) is 27.7 Å². The zero-order valence-corrected chi connectivity index (χ0v) is 59.4. The van der Waals surface area contributed by atoms with E-state index in [1.165, 1.54) is 42.5 Å². The van der Waals surface area contributed by atoms with E-state index in [1.54, 1.807) is 60.7 Å². The number of azo groups is 1. The monoisotopic (exact) mass is 1460 g/mol. The summed E-state index contributed by atoms with van der Waals surface area (Å²) in [6.45, 7) is 9.59. The molecule has 0 saturated carbocycles. The molecule has 12 aromatic rings. The van der Waals surface area contributed by atoms with Gasteiger partial charge >= 0.3 is 25.7 Å². The minimum atomic E-state index is -4.35. The second-order valence-electron chi connectivity index (χ2n) is 24.5. The number of aryl methyl sites for hydroxylation is 2. The number of hydrogen-bond acceptors (Lipinski definition) is 14. The summed E-state index contributed by atoms with van der Waals surface area (Å²) in [7, 11) is -4.35. The second kappa shape index (κ2) is 30.7. The van der Waals surface area contributed by atoms with Crippen molar-refractivity contribution in [1.82, 2.24) is 0 Å². The Kier molecular flexibility index (Phi) is 20.8. The zero-order valence-electron chi connectivity index (χ0n) is 57.0. The highest BCUT2D eigenvalue weighted by Crippen LogP contribution is 2.48. The third-order valence-corrected chi connectivity index (χ3v) is 19.1. The average Bonchev–Trinajstić information content (AvgIpc) is 0.752. The molecular formula is C85H63Cl2N4O14P. The summed E-state index contributed by atoms with van der Waals surface area (Å²) in [5, 5.41) is 60.9. The Morgan fingerprint density at radius 3 is 1.63 bits per heavy atom. The number of carboxylic acids is 3. The van der Waals surface area contributed by atoms with Gasteiger partial charge in [0.1, 0.15) is 39.9 Å². The van der Waals surface area contributed by atoms with Gasteiger partial charge in [0.15, 0.2) is 0 Å². The Bertz CT molecular complexity index is 6230. The van der Waals surface area contributed by atoms with Gasteiger partial charge in [-0.1, -0.05) is 157 Å². The molecule has 0 spiro atoms. The maximum atomic E-state index is 12.4. The average molecular weight is 1470 g/mol. The molecule has 0 bridgehead atoms. The summed E-state index contributed by atoms with van der Waals surface area (Å²) < 4.78 is 34.8. The molecule has 0 saturated heterocycles. The van der Waals surface area contributed by atoms with Gasteiger partial charge in [-0.15, -0.1) is 0 Å². The molecule has 16 rings (SSSR count). The normalized spacial score (nSPS) is 12.0. The minimum Gasteiger partial charge on any atom is -0.506 e. The number of nitrogens with one attached hydrogen (secondary N) is 1. The van der Waals surface area contributed by atoms with Gasteiger partial charge in [-0.25, -0.2) is 18.9 Å². The van der Waals surface area contributed by atoms with Crippen LogP contribution < -0.4 is 25.2 Å². The number of aromatic hydroxyl groups is 1. The van der Waals surface area contributed by atoms with Crippen molar-refractivity contribution in [3.05, 3.63) is 302 Å². The van der Waals surface area contributed by atoms with E-state index >= 15 is 0 Å². The van der Waals surface area contributed by atoms with Crippen molar-refractivity contribution in [1.29, 1.82) is 0 Å². The Balaban J connectivity index is 0.000000127. The number of hydrogen-bond donors (Lipinski definition) is 6. The van der Waals surface area contributed by atoms with Gasteiger partial charge in [0.2, 0.25) is 5.43 Å². The van der Waals surface area contributed by atoms with Crippen LogP contribution in [0.25, 0.3) is 110 Å². The molecule has 2 aliphatic heterocycles. The zero-order chi connectivity index (χ0) is 74.5. The number of phosphoric ester groups is 1. The van der Waals surface area contributed by atoms with Crippen LogP contribution in [0.3, 0.4) is 0 Å². The van der Waals surface area contributed by atoms with Crippen LogP contribution in [0.2, 0.25) is 10.0 Å². The molecule has 4 aliphatic rings. The Morgan fingerprint density at radius 1 is 0.472 bits per heavy atom. The molecule has 21 heteroatoms. The van der Waals surface area contributed by atoms with Crippen LogP contribution in [0.5, 0.6) is 17.2 Å². The first kappa shape index (κ1) is 71.7. The number of phenols is 1. The first-order valence-electron chi connectivity index (χ1n) is 33.3. The standard InChI is InChI=1S/C26H26N2O3.C22H17N2O4P.C20H10Cl2O5.C17H10O2/c1-5-27-21-13-23-19(11-15(21)3)25(17-9-7-8-10-18(17)26(29)30)20-12-16(4)22(28-6-2)14-24(20)31-23;25-29(26,28-22-13-10-17-6-4-5-7-18(17)16-22)27-21-14-11-20(12-15-21)24-23-19-8-2-1-3-9-19;21-13-5-11-17(7-15(13)23)27-18-8-16(24)14(22)6-12(18)19(11)9-3-1-2-4-10(9)20(25)26;18-17(19)14-9-7-12-5-4-10-2-1-3-11-6-8-13(14)16(12)15(10)11/h7-14,27H,5-6H2,1-4H3,(H,29,30);1-16H,(H,25,26);1-8,23H,(H,25,26);1-9H,(H,18,19). The highest BCUT2D eigenvalue weighted by molar-refractivity contribution is 7.48. The predicted octanol–water partition coefficient (Wildman–Crippen LogP) is 22.2. The molecule has 2 heterocycles. The fourth-order valence-corrected chi connectivity index (χ4v) is 13.9. The van der Waals surface area contributed by atoms with Gasteiger partial charge in [-0.3, -0.25) is 14.7 Å². The van der Waals surface area contributed by atoms with Crippen LogP contribution >= 0.6 is 31.0 Å². The Morgan fingerprint density at radius 2 is 0.991 bits per heavy atom. The van der Waals surface area contributed by atoms with Crippen LogP contribution in [0.4, 0.5) is 17.1 Å². The predicted molar refractivity (Wildman–Crippen MR) is 417 cm³/mol. The number of aromatic carboxylic acids is 3. The van der Waals surface area contributed by atoms with E-state index in [9.17, 15) is 49.1 Å². The van der Waals surface area contributed by atoms with Gasteiger partial charge in [0, 0.05) is 76.1 Å². The second-order valence-corrected chi connectivity index (χ2v) is 26.6. The van der Waals surface area contributed by atoms with Crippen LogP contribution in [-0.4, -0.2) is 56.3 Å². The van der Waals surface area contributed by atoms with Gasteiger partial charge in [0.25, 0.3) is 0 Å². The van der Waals surface area contributed by atoms with E-state index < -0.39 is 31.2 Å². The van der Waals surface area contributed by atoms with Crippen molar-refractivity contribution in [3.8, 4) is 62.1 Å². The van der Waals surface area contributed by atoms with Gasteiger partial charge < -0.3 is 43.6 Å². The number of anilines is 1. The van der Waals surface area contributed by atoms with Crippen LogP contribution in [0.15, 0.2) is 278 Å². The number of nitrogens with zero attached hydrogens (tertiary/aromatic N) is 3. The van der Waals surface area contributed by atoms with Gasteiger partial charge in [-0.05, 0) is 184 Å². The van der Waals surface area contributed by atoms with Crippen molar-refractivity contribution in [3.63, 3.8) is 0 Å². The molecule has 526 valence electrons. The van der Waals surface area contributed by atoms with E-state index in [-0.39, 0.29) is 49.8 Å². The Hall–Kier alpha value is -12.7. The number of benzene rings is 14. The maximum absolute atomic E-state index is 12.4. The van der Waals surface area contributed by atoms with Crippen molar-refractivity contribution < 1.29 is 62.1 Å². The summed E-state index contributed by atoms with van der Waals surface area (Å²) in [6.07, 6.45) is 0. The number of carbonyl (C=O) groups is 3. The highest BCUT2D eigenvalue weighted by atomic mass is 35.5. The van der Waals surface area contributed by atoms with Crippen LogP contribution in [-0.2, 0) is 4.57 Å². The SMILES string of the molecule is CCN=c1cc2oc3cc(NCC)c(C)cc3c(-c3ccccc3C(=O)O)c-2cc1C.O=C(O)c1ccc2ccc3cccc4ccc1c2c34.O=C(O)c1ccccc1-c1c2cc(Cl)c(=O)cc-2oc2cc(O)c(Cl)cc12.O=P(O)(Oc1ccc(N=Nc2ccccc2)cc1)Oc1ccc2ccccc2c1. The van der Waals surface area contributed by atoms with Gasteiger partial charge in [-0.2, -0.15) is 10.2 Å². The van der Waals surface area contributed by atoms with E-state index in [0.717, 1.165) is 94.0 Å². The molecule has 1 atom stereocenters. The number of fused-ring (bicyclic) bond motifs is 5. The number of carboxylic acid groups (broad SMARTS) is 3. The summed E-state index contributed by atoms with van der Waals surface area (Å²) in [4.78, 5) is 61.7.